The van der Waals surface area contributed by atoms with Crippen LogP contribution in [0.2, 0.25) is 0 Å². The van der Waals surface area contributed by atoms with E-state index in [0.29, 0.717) is 22.9 Å². The first-order valence-corrected chi connectivity index (χ1v) is 5.33. The van der Waals surface area contributed by atoms with Gasteiger partial charge in [0.05, 0.1) is 12.7 Å². The Balaban J connectivity index is 2.91. The van der Waals surface area contributed by atoms with Crippen LogP contribution in [0.1, 0.15) is 0 Å². The van der Waals surface area contributed by atoms with Crippen molar-refractivity contribution in [3.8, 4) is 6.07 Å². The lowest BCUT2D eigenvalue weighted by Crippen LogP contribution is -2.46. The lowest BCUT2D eigenvalue weighted by molar-refractivity contribution is 0.166. The lowest BCUT2D eigenvalue weighted by Gasteiger charge is -2.30. The first-order chi connectivity index (χ1) is 7.11. The van der Waals surface area contributed by atoms with Gasteiger partial charge in [-0.15, -0.1) is 0 Å². The summed E-state index contributed by atoms with van der Waals surface area (Å²) in [4.78, 5) is 5.56. The Morgan fingerprint density at radius 3 is 3.00 bits per heavy atom. The molecule has 0 aromatic rings. The zero-order valence-corrected chi connectivity index (χ0v) is 10.4. The van der Waals surface area contributed by atoms with Gasteiger partial charge in [0.15, 0.2) is 6.04 Å². The molecule has 7 heteroatoms. The summed E-state index contributed by atoms with van der Waals surface area (Å²) in [6.07, 6.45) is 0. The summed E-state index contributed by atoms with van der Waals surface area (Å²) in [7, 11) is 1.58. The fourth-order valence-electron chi connectivity index (χ4n) is 1.16. The number of ether oxygens (including phenoxy) is 1. The average Bonchev–Trinajstić information content (AvgIpc) is 2.21. The molecular weight excluding hydrogens is 283 g/mol. The highest BCUT2D eigenvalue weighted by Crippen LogP contribution is 2.27. The van der Waals surface area contributed by atoms with Crippen LogP contribution in [-0.4, -0.2) is 37.0 Å². The van der Waals surface area contributed by atoms with Crippen molar-refractivity contribution in [1.29, 1.82) is 5.26 Å². The van der Waals surface area contributed by atoms with Gasteiger partial charge >= 0.3 is 0 Å². The van der Waals surface area contributed by atoms with Gasteiger partial charge in [0.2, 0.25) is 0 Å². The Bertz CT molecular complexity index is 349. The number of hydrogen-bond acceptors (Lipinski definition) is 5. The first kappa shape index (κ1) is 12.3. The zero-order valence-electron chi connectivity index (χ0n) is 8.07. The minimum Gasteiger partial charge on any atom is -0.384 e. The molecule has 0 saturated carbocycles. The number of amidine groups is 1. The van der Waals surface area contributed by atoms with Gasteiger partial charge in [0, 0.05) is 13.7 Å². The molecule has 1 aliphatic heterocycles. The van der Waals surface area contributed by atoms with Crippen molar-refractivity contribution in [2.45, 2.75) is 6.04 Å². The molecule has 0 saturated heterocycles. The standard InChI is InChI=1S/C8H10BrClN4O/c1-15-3-2-14-5(4-11)8(12)13-6(9)7(14)10/h5H,2-3H2,1H3,(H2,12,13). The maximum Gasteiger partial charge on any atom is 0.175 e. The summed E-state index contributed by atoms with van der Waals surface area (Å²) >= 11 is 9.17. The molecule has 1 atom stereocenters. The number of nitrogens with two attached hydrogens (primary N) is 1. The van der Waals surface area contributed by atoms with Crippen molar-refractivity contribution in [2.75, 3.05) is 20.3 Å². The van der Waals surface area contributed by atoms with E-state index in [4.69, 9.17) is 27.3 Å². The third-order valence-corrected chi connectivity index (χ3v) is 3.08. The summed E-state index contributed by atoms with van der Waals surface area (Å²) in [5.74, 6) is 0.227. The van der Waals surface area contributed by atoms with Gasteiger partial charge in [-0.1, -0.05) is 11.6 Å². The summed E-state index contributed by atoms with van der Waals surface area (Å²) in [5, 5.41) is 9.31. The second-order valence-electron chi connectivity index (χ2n) is 2.84. The Kier molecular flexibility index (Phi) is 4.39. The number of aliphatic imine (C=N–C) groups is 1. The molecule has 1 heterocycles. The highest BCUT2D eigenvalue weighted by Gasteiger charge is 2.28. The zero-order chi connectivity index (χ0) is 11.4. The van der Waals surface area contributed by atoms with Crippen molar-refractivity contribution < 1.29 is 4.74 Å². The van der Waals surface area contributed by atoms with Crippen LogP contribution in [0.25, 0.3) is 0 Å². The second kappa shape index (κ2) is 5.35. The normalized spacial score (nSPS) is 21.3. The quantitative estimate of drug-likeness (QED) is 0.787. The minimum absolute atomic E-state index is 0.227. The smallest absolute Gasteiger partial charge is 0.175 e. The second-order valence-corrected chi connectivity index (χ2v) is 3.95. The predicted molar refractivity (Wildman–Crippen MR) is 61.4 cm³/mol. The molecule has 5 nitrogen and oxygen atoms in total. The molecule has 0 amide bonds. The lowest BCUT2D eigenvalue weighted by atomic mass is 10.2. The number of hydrogen-bond donors (Lipinski definition) is 1. The molecule has 2 N–H and O–H groups in total. The van der Waals surface area contributed by atoms with Crippen LogP contribution in [0.15, 0.2) is 14.8 Å². The van der Waals surface area contributed by atoms with Crippen molar-refractivity contribution >= 4 is 33.4 Å². The van der Waals surface area contributed by atoms with Crippen molar-refractivity contribution in [3.63, 3.8) is 0 Å². The van der Waals surface area contributed by atoms with E-state index in [-0.39, 0.29) is 5.84 Å². The van der Waals surface area contributed by atoms with Gasteiger partial charge in [-0.05, 0) is 15.9 Å². The number of methoxy groups -OCH3 is 1. The number of halogens is 2. The van der Waals surface area contributed by atoms with Crippen LogP contribution in [0.5, 0.6) is 0 Å². The van der Waals surface area contributed by atoms with Gasteiger partial charge in [-0.25, -0.2) is 4.99 Å². The van der Waals surface area contributed by atoms with Crippen molar-refractivity contribution in [3.05, 3.63) is 9.76 Å². The highest BCUT2D eigenvalue weighted by molar-refractivity contribution is 9.11. The van der Waals surface area contributed by atoms with Crippen LogP contribution >= 0.6 is 27.5 Å². The highest BCUT2D eigenvalue weighted by atomic mass is 79.9. The Morgan fingerprint density at radius 2 is 2.47 bits per heavy atom. The molecule has 0 spiro atoms. The SMILES string of the molecule is COCCN1C(Cl)=C(Br)N=C(N)C1C#N. The Morgan fingerprint density at radius 1 is 1.80 bits per heavy atom. The summed E-state index contributed by atoms with van der Waals surface area (Å²) in [6.45, 7) is 0.945. The molecular formula is C8H10BrClN4O. The van der Waals surface area contributed by atoms with E-state index in [2.05, 4.69) is 20.9 Å². The van der Waals surface area contributed by atoms with Crippen LogP contribution in [0.3, 0.4) is 0 Å². The average molecular weight is 294 g/mol. The van der Waals surface area contributed by atoms with Crippen LogP contribution in [-0.2, 0) is 4.74 Å². The van der Waals surface area contributed by atoms with Gasteiger partial charge in [-0.2, -0.15) is 5.26 Å². The van der Waals surface area contributed by atoms with Gasteiger partial charge < -0.3 is 15.4 Å². The monoisotopic (exact) mass is 292 g/mol. The van der Waals surface area contributed by atoms with E-state index in [0.717, 1.165) is 0 Å². The van der Waals surface area contributed by atoms with Crippen molar-refractivity contribution in [2.24, 2.45) is 10.7 Å². The fourth-order valence-corrected chi connectivity index (χ4v) is 1.82. The van der Waals surface area contributed by atoms with Gasteiger partial charge in [0.1, 0.15) is 15.6 Å². The van der Waals surface area contributed by atoms with Gasteiger partial charge in [0.25, 0.3) is 0 Å². The molecule has 1 aliphatic rings. The topological polar surface area (TPSA) is 74.6 Å². The molecule has 0 aromatic heterocycles. The summed E-state index contributed by atoms with van der Waals surface area (Å²) in [6, 6.07) is 1.41. The molecule has 0 aliphatic carbocycles. The molecule has 0 radical (unpaired) electrons. The maximum atomic E-state index is 8.95. The number of nitriles is 1. The van der Waals surface area contributed by atoms with E-state index in [1.165, 1.54) is 0 Å². The molecule has 1 rings (SSSR count). The molecule has 82 valence electrons. The fraction of sp³-hybridized carbons (Fsp3) is 0.500. The molecule has 0 bridgehead atoms. The third kappa shape index (κ3) is 2.62. The van der Waals surface area contributed by atoms with Crippen LogP contribution in [0.4, 0.5) is 0 Å². The van der Waals surface area contributed by atoms with E-state index in [1.807, 2.05) is 6.07 Å². The molecule has 1 unspecified atom stereocenters. The van der Waals surface area contributed by atoms with E-state index in [9.17, 15) is 0 Å². The maximum absolute atomic E-state index is 8.95. The Hall–Kier alpha value is -0.770. The molecule has 15 heavy (non-hydrogen) atoms. The number of rotatable bonds is 3. The largest absolute Gasteiger partial charge is 0.384 e. The van der Waals surface area contributed by atoms with Crippen LogP contribution < -0.4 is 5.73 Å². The predicted octanol–water partition coefficient (Wildman–Crippen LogP) is 0.958. The summed E-state index contributed by atoms with van der Waals surface area (Å²) in [5.41, 5.74) is 5.63. The van der Waals surface area contributed by atoms with Crippen LogP contribution in [0, 0.1) is 11.3 Å². The molecule has 0 aromatic carbocycles. The first-order valence-electron chi connectivity index (χ1n) is 4.16. The van der Waals surface area contributed by atoms with Crippen molar-refractivity contribution in [1.82, 2.24) is 4.90 Å². The van der Waals surface area contributed by atoms with E-state index < -0.39 is 6.04 Å². The number of nitrogens with zero attached hydrogens (tertiary/aromatic N) is 3. The molecule has 0 fully saturated rings. The van der Waals surface area contributed by atoms with Gasteiger partial charge in [-0.3, -0.25) is 0 Å². The van der Waals surface area contributed by atoms with E-state index in [1.54, 1.807) is 12.0 Å². The third-order valence-electron chi connectivity index (χ3n) is 1.90. The minimum atomic E-state index is -0.631. The Labute approximate surface area is 101 Å². The van der Waals surface area contributed by atoms with E-state index >= 15 is 0 Å². The summed E-state index contributed by atoms with van der Waals surface area (Å²) < 4.78 is 5.36.